The maximum Gasteiger partial charge on any atom is 0.317 e. The summed E-state index contributed by atoms with van der Waals surface area (Å²) in [5, 5.41) is 2.93. The minimum atomic E-state index is -0.926. The molecule has 1 aromatic rings. The Morgan fingerprint density at radius 2 is 2.33 bits per heavy atom. The van der Waals surface area contributed by atoms with Gasteiger partial charge in [-0.15, -0.1) is 0 Å². The molecule has 2 rings (SSSR count). The molecule has 1 N–H and O–H groups in total. The third-order valence-electron chi connectivity index (χ3n) is 2.78. The zero-order valence-corrected chi connectivity index (χ0v) is 10.5. The van der Waals surface area contributed by atoms with Crippen molar-refractivity contribution in [1.29, 1.82) is 0 Å². The van der Waals surface area contributed by atoms with Crippen LogP contribution in [0, 0.1) is 0 Å². The van der Waals surface area contributed by atoms with Crippen molar-refractivity contribution in [2.75, 3.05) is 13.1 Å². The number of aromatic nitrogens is 2. The Bertz CT molecular complexity index is 431. The van der Waals surface area contributed by atoms with Crippen molar-refractivity contribution in [2.24, 2.45) is 0 Å². The molecule has 98 valence electrons. The van der Waals surface area contributed by atoms with E-state index in [0.29, 0.717) is 25.1 Å². The number of piperidine rings is 1. The van der Waals surface area contributed by atoms with E-state index in [1.807, 2.05) is 0 Å². The van der Waals surface area contributed by atoms with E-state index in [9.17, 15) is 9.18 Å². The lowest BCUT2D eigenvalue weighted by Crippen LogP contribution is -2.46. The lowest BCUT2D eigenvalue weighted by Gasteiger charge is -2.29. The van der Waals surface area contributed by atoms with Crippen molar-refractivity contribution in [3.8, 4) is 0 Å². The summed E-state index contributed by atoms with van der Waals surface area (Å²) in [4.78, 5) is 21.1. The predicted molar refractivity (Wildman–Crippen MR) is 65.0 cm³/mol. The van der Waals surface area contributed by atoms with Gasteiger partial charge in [0.05, 0.1) is 18.8 Å². The molecule has 1 unspecified atom stereocenters. The summed E-state index contributed by atoms with van der Waals surface area (Å²) >= 11 is 5.82. The zero-order chi connectivity index (χ0) is 13.0. The van der Waals surface area contributed by atoms with E-state index in [4.69, 9.17) is 11.6 Å². The predicted octanol–water partition coefficient (Wildman–Crippen LogP) is 1.77. The summed E-state index contributed by atoms with van der Waals surface area (Å²) in [6.45, 7) is 0.930. The Kier molecular flexibility index (Phi) is 4.30. The van der Waals surface area contributed by atoms with E-state index in [2.05, 4.69) is 15.3 Å². The summed E-state index contributed by atoms with van der Waals surface area (Å²) < 4.78 is 13.2. The summed E-state index contributed by atoms with van der Waals surface area (Å²) in [6, 6.07) is -0.293. The molecular formula is C11H14ClFN4O. The van der Waals surface area contributed by atoms with Crippen LogP contribution in [0.5, 0.6) is 0 Å². The number of amides is 2. The highest BCUT2D eigenvalue weighted by atomic mass is 35.5. The largest absolute Gasteiger partial charge is 0.332 e. The summed E-state index contributed by atoms with van der Waals surface area (Å²) in [7, 11) is 0. The highest BCUT2D eigenvalue weighted by Gasteiger charge is 2.23. The van der Waals surface area contributed by atoms with Gasteiger partial charge >= 0.3 is 6.03 Å². The number of carbonyl (C=O) groups excluding carboxylic acids is 1. The molecule has 0 saturated carbocycles. The first-order valence-electron chi connectivity index (χ1n) is 5.79. The van der Waals surface area contributed by atoms with Crippen LogP contribution in [0.25, 0.3) is 0 Å². The Balaban J connectivity index is 1.86. The molecule has 7 heteroatoms. The SMILES string of the molecule is O=C(NCc1nccnc1Cl)N1CCCC(F)C1. The molecule has 1 fully saturated rings. The number of likely N-dealkylation sites (tertiary alicyclic amines) is 1. The van der Waals surface area contributed by atoms with Gasteiger partial charge < -0.3 is 10.2 Å². The molecule has 1 atom stereocenters. The van der Waals surface area contributed by atoms with Crippen LogP contribution in [0.4, 0.5) is 9.18 Å². The van der Waals surface area contributed by atoms with Crippen LogP contribution >= 0.6 is 11.6 Å². The molecule has 0 aliphatic carbocycles. The molecule has 2 heterocycles. The number of nitrogens with one attached hydrogen (secondary N) is 1. The Morgan fingerprint density at radius 1 is 1.56 bits per heavy atom. The molecule has 0 spiro atoms. The van der Waals surface area contributed by atoms with Crippen LogP contribution in [-0.2, 0) is 6.54 Å². The normalized spacial score (nSPS) is 19.7. The first-order chi connectivity index (χ1) is 8.66. The third-order valence-corrected chi connectivity index (χ3v) is 3.10. The van der Waals surface area contributed by atoms with E-state index >= 15 is 0 Å². The van der Waals surface area contributed by atoms with Gasteiger partial charge in [0, 0.05) is 18.9 Å². The van der Waals surface area contributed by atoms with Gasteiger partial charge in [0.2, 0.25) is 0 Å². The molecule has 1 aliphatic rings. The lowest BCUT2D eigenvalue weighted by atomic mass is 10.1. The maximum absolute atomic E-state index is 13.2. The third kappa shape index (κ3) is 3.29. The van der Waals surface area contributed by atoms with Gasteiger partial charge in [-0.05, 0) is 12.8 Å². The maximum atomic E-state index is 13.2. The molecule has 0 radical (unpaired) electrons. The molecule has 5 nitrogen and oxygen atoms in total. The minimum Gasteiger partial charge on any atom is -0.332 e. The van der Waals surface area contributed by atoms with Crippen LogP contribution in [0.15, 0.2) is 12.4 Å². The fourth-order valence-electron chi connectivity index (χ4n) is 1.85. The van der Waals surface area contributed by atoms with E-state index in [-0.39, 0.29) is 24.3 Å². The number of alkyl halides is 1. The van der Waals surface area contributed by atoms with Crippen LogP contribution < -0.4 is 5.32 Å². The van der Waals surface area contributed by atoms with Crippen molar-refractivity contribution >= 4 is 17.6 Å². The van der Waals surface area contributed by atoms with Gasteiger partial charge in [-0.3, -0.25) is 4.98 Å². The highest BCUT2D eigenvalue weighted by molar-refractivity contribution is 6.29. The Hall–Kier alpha value is -1.43. The number of nitrogens with zero attached hydrogens (tertiary/aromatic N) is 3. The fourth-order valence-corrected chi connectivity index (χ4v) is 2.02. The number of halogens is 2. The quantitative estimate of drug-likeness (QED) is 0.893. The van der Waals surface area contributed by atoms with Crippen molar-refractivity contribution in [3.63, 3.8) is 0 Å². The smallest absolute Gasteiger partial charge is 0.317 e. The van der Waals surface area contributed by atoms with Crippen LogP contribution in [0.3, 0.4) is 0 Å². The first kappa shape index (κ1) is 13.0. The van der Waals surface area contributed by atoms with Crippen molar-refractivity contribution in [1.82, 2.24) is 20.2 Å². The van der Waals surface area contributed by atoms with Gasteiger partial charge in [0.15, 0.2) is 5.15 Å². The van der Waals surface area contributed by atoms with Gasteiger partial charge in [0.25, 0.3) is 0 Å². The van der Waals surface area contributed by atoms with Crippen LogP contribution in [0.2, 0.25) is 5.15 Å². The number of urea groups is 1. The Morgan fingerprint density at radius 3 is 3.06 bits per heavy atom. The summed E-state index contributed by atoms with van der Waals surface area (Å²) in [5.74, 6) is 0. The van der Waals surface area contributed by atoms with Crippen LogP contribution in [0.1, 0.15) is 18.5 Å². The molecule has 1 aromatic heterocycles. The van der Waals surface area contributed by atoms with Crippen molar-refractivity contribution in [3.05, 3.63) is 23.2 Å². The topological polar surface area (TPSA) is 58.1 Å². The standard InChI is InChI=1S/C11H14ClFN4O/c12-10-9(14-3-4-15-10)6-16-11(18)17-5-1-2-8(13)7-17/h3-4,8H,1-2,5-7H2,(H,16,18). The van der Waals surface area contributed by atoms with Crippen molar-refractivity contribution in [2.45, 2.75) is 25.6 Å². The zero-order valence-electron chi connectivity index (χ0n) is 9.77. The van der Waals surface area contributed by atoms with Gasteiger partial charge in [-0.2, -0.15) is 0 Å². The lowest BCUT2D eigenvalue weighted by molar-refractivity contribution is 0.143. The molecule has 0 aromatic carbocycles. The number of rotatable bonds is 2. The van der Waals surface area contributed by atoms with Crippen LogP contribution in [-0.4, -0.2) is 40.2 Å². The molecule has 2 amide bonds. The monoisotopic (exact) mass is 272 g/mol. The van der Waals surface area contributed by atoms with Gasteiger partial charge in [-0.1, -0.05) is 11.6 Å². The number of hydrogen-bond acceptors (Lipinski definition) is 3. The second-order valence-electron chi connectivity index (χ2n) is 4.14. The van der Waals surface area contributed by atoms with E-state index < -0.39 is 6.17 Å². The van der Waals surface area contributed by atoms with Gasteiger partial charge in [0.1, 0.15) is 6.17 Å². The first-order valence-corrected chi connectivity index (χ1v) is 6.17. The Labute approximate surface area is 109 Å². The second kappa shape index (κ2) is 5.95. The van der Waals surface area contributed by atoms with E-state index in [1.54, 1.807) is 0 Å². The average Bonchev–Trinajstić information content (AvgIpc) is 2.37. The molecule has 18 heavy (non-hydrogen) atoms. The number of hydrogen-bond donors (Lipinski definition) is 1. The fraction of sp³-hybridized carbons (Fsp3) is 0.545. The van der Waals surface area contributed by atoms with E-state index in [0.717, 1.165) is 0 Å². The molecule has 0 bridgehead atoms. The number of carbonyl (C=O) groups is 1. The summed E-state index contributed by atoms with van der Waals surface area (Å²) in [5.41, 5.74) is 0.501. The summed E-state index contributed by atoms with van der Waals surface area (Å²) in [6.07, 6.45) is 3.28. The highest BCUT2D eigenvalue weighted by Crippen LogP contribution is 2.13. The molecule has 1 aliphatic heterocycles. The molecule has 1 saturated heterocycles. The van der Waals surface area contributed by atoms with Gasteiger partial charge in [-0.25, -0.2) is 14.2 Å². The van der Waals surface area contributed by atoms with E-state index in [1.165, 1.54) is 17.3 Å². The second-order valence-corrected chi connectivity index (χ2v) is 4.50. The average molecular weight is 273 g/mol. The molecular weight excluding hydrogens is 259 g/mol. The minimum absolute atomic E-state index is 0.153. The van der Waals surface area contributed by atoms with Crippen molar-refractivity contribution < 1.29 is 9.18 Å².